The maximum absolute atomic E-state index is 11.2. The third-order valence-electron chi connectivity index (χ3n) is 6.28. The molecule has 0 saturated carbocycles. The van der Waals surface area contributed by atoms with E-state index in [9.17, 15) is 25.5 Å². The molecule has 1 saturated heterocycles. The third kappa shape index (κ3) is 7.68. The molecule has 0 bridgehead atoms. The summed E-state index contributed by atoms with van der Waals surface area (Å²) < 4.78 is 11.5. The van der Waals surface area contributed by atoms with E-state index in [2.05, 4.69) is 6.92 Å². The average molecular weight is 455 g/mol. The van der Waals surface area contributed by atoms with Gasteiger partial charge >= 0.3 is 0 Å². The molecule has 0 radical (unpaired) electrons. The minimum Gasteiger partial charge on any atom is -0.485 e. The van der Waals surface area contributed by atoms with Gasteiger partial charge in [0.1, 0.15) is 30.2 Å². The predicted octanol–water partition coefficient (Wildman–Crippen LogP) is 2.91. The maximum atomic E-state index is 11.2. The molecule has 6 atom stereocenters. The zero-order valence-electron chi connectivity index (χ0n) is 19.3. The van der Waals surface area contributed by atoms with Crippen LogP contribution in [0.15, 0.2) is 30.3 Å². The van der Waals surface area contributed by atoms with Crippen LogP contribution in [0.3, 0.4) is 0 Å². The number of unbranched alkanes of at least 4 members (excludes halogenated alkanes) is 9. The van der Waals surface area contributed by atoms with E-state index < -0.39 is 42.9 Å². The quantitative estimate of drug-likeness (QED) is 0.244. The first-order valence-corrected chi connectivity index (χ1v) is 12.2. The van der Waals surface area contributed by atoms with Crippen molar-refractivity contribution in [2.75, 3.05) is 6.61 Å². The van der Waals surface area contributed by atoms with Crippen LogP contribution in [-0.4, -0.2) is 68.4 Å². The van der Waals surface area contributed by atoms with Gasteiger partial charge in [-0.05, 0) is 25.0 Å². The fourth-order valence-electron chi connectivity index (χ4n) is 4.29. The van der Waals surface area contributed by atoms with Gasteiger partial charge in [0.2, 0.25) is 5.79 Å². The number of benzene rings is 1. The van der Waals surface area contributed by atoms with E-state index >= 15 is 0 Å². The van der Waals surface area contributed by atoms with Crippen LogP contribution >= 0.6 is 0 Å². The summed E-state index contributed by atoms with van der Waals surface area (Å²) in [5.74, 6) is -1.69. The number of hydrogen-bond acceptors (Lipinski definition) is 7. The Kier molecular flexibility index (Phi) is 11.9. The fourth-order valence-corrected chi connectivity index (χ4v) is 4.29. The highest BCUT2D eigenvalue weighted by Gasteiger charge is 2.60. The second kappa shape index (κ2) is 14.1. The normalized spacial score (nSPS) is 27.4. The molecule has 0 aromatic heterocycles. The lowest BCUT2D eigenvalue weighted by molar-refractivity contribution is -0.278. The van der Waals surface area contributed by atoms with Crippen molar-refractivity contribution in [1.29, 1.82) is 0 Å². The number of hydrogen-bond donors (Lipinski definition) is 5. The Morgan fingerprint density at radius 1 is 0.938 bits per heavy atom. The van der Waals surface area contributed by atoms with E-state index in [1.165, 1.54) is 44.9 Å². The van der Waals surface area contributed by atoms with Crippen molar-refractivity contribution < 1.29 is 35.0 Å². The van der Waals surface area contributed by atoms with E-state index in [1.54, 1.807) is 24.3 Å². The van der Waals surface area contributed by atoms with Gasteiger partial charge in [-0.15, -0.1) is 0 Å². The van der Waals surface area contributed by atoms with E-state index in [4.69, 9.17) is 9.47 Å². The van der Waals surface area contributed by atoms with Gasteiger partial charge in [-0.2, -0.15) is 0 Å². The van der Waals surface area contributed by atoms with Gasteiger partial charge in [-0.25, -0.2) is 0 Å². The first-order chi connectivity index (χ1) is 15.4. The zero-order valence-corrected chi connectivity index (χ0v) is 19.3. The monoisotopic (exact) mass is 454 g/mol. The molecule has 1 aromatic rings. The topological polar surface area (TPSA) is 120 Å². The van der Waals surface area contributed by atoms with E-state index in [0.29, 0.717) is 12.2 Å². The van der Waals surface area contributed by atoms with E-state index in [1.807, 2.05) is 6.07 Å². The second-order valence-electron chi connectivity index (χ2n) is 8.91. The number of aliphatic hydroxyl groups excluding tert-OH is 4. The molecule has 184 valence electrons. The molecule has 1 fully saturated rings. The van der Waals surface area contributed by atoms with Crippen LogP contribution in [0.25, 0.3) is 0 Å². The molecule has 1 heterocycles. The highest BCUT2D eigenvalue weighted by atomic mass is 16.7. The number of ether oxygens (including phenoxy) is 2. The Morgan fingerprint density at radius 3 is 2.06 bits per heavy atom. The molecule has 1 aliphatic rings. The Labute approximate surface area is 192 Å². The minimum atomic E-state index is -2.20. The lowest BCUT2D eigenvalue weighted by Gasteiger charge is -2.35. The Bertz CT molecular complexity index is 614. The Hall–Kier alpha value is -1.22. The van der Waals surface area contributed by atoms with Crippen LogP contribution in [0.1, 0.15) is 77.6 Å². The summed E-state index contributed by atoms with van der Waals surface area (Å²) in [7, 11) is 0. The molecule has 1 aliphatic heterocycles. The molecule has 0 aliphatic carbocycles. The van der Waals surface area contributed by atoms with Gasteiger partial charge in [0.15, 0.2) is 6.10 Å². The van der Waals surface area contributed by atoms with Gasteiger partial charge in [-0.1, -0.05) is 82.9 Å². The SMILES string of the molecule is CCCCCCCCCCCCC(Oc1ccccc1)[C@@]1(O)O[C@@H]([C@H](O)CO)[C@@H](O)[C@H]1O. The molecule has 0 spiro atoms. The summed E-state index contributed by atoms with van der Waals surface area (Å²) >= 11 is 0. The van der Waals surface area contributed by atoms with Crippen LogP contribution in [0.5, 0.6) is 5.75 Å². The molecule has 1 unspecified atom stereocenters. The molecule has 0 amide bonds. The van der Waals surface area contributed by atoms with Crippen LogP contribution in [0.4, 0.5) is 0 Å². The van der Waals surface area contributed by atoms with Crippen molar-refractivity contribution in [3.05, 3.63) is 30.3 Å². The van der Waals surface area contributed by atoms with Crippen LogP contribution in [0.2, 0.25) is 0 Å². The first kappa shape index (κ1) is 27.0. The fraction of sp³-hybridized carbons (Fsp3) is 0.760. The second-order valence-corrected chi connectivity index (χ2v) is 8.91. The van der Waals surface area contributed by atoms with E-state index in [-0.39, 0.29) is 0 Å². The zero-order chi connectivity index (χ0) is 23.4. The molecule has 2 rings (SSSR count). The smallest absolute Gasteiger partial charge is 0.233 e. The van der Waals surface area contributed by atoms with Crippen LogP contribution in [0, 0.1) is 0 Å². The summed E-state index contributed by atoms with van der Waals surface area (Å²) in [6.45, 7) is 1.56. The first-order valence-electron chi connectivity index (χ1n) is 12.2. The molecular weight excluding hydrogens is 412 g/mol. The van der Waals surface area contributed by atoms with Crippen LogP contribution in [-0.2, 0) is 4.74 Å². The van der Waals surface area contributed by atoms with Crippen molar-refractivity contribution >= 4 is 0 Å². The van der Waals surface area contributed by atoms with Crippen molar-refractivity contribution in [2.24, 2.45) is 0 Å². The van der Waals surface area contributed by atoms with E-state index in [0.717, 1.165) is 19.3 Å². The maximum Gasteiger partial charge on any atom is 0.233 e. The number of aliphatic hydroxyl groups is 5. The molecular formula is C25H42O7. The van der Waals surface area contributed by atoms with Gasteiger partial charge in [-0.3, -0.25) is 0 Å². The summed E-state index contributed by atoms with van der Waals surface area (Å²) in [6.07, 6.45) is 5.16. The summed E-state index contributed by atoms with van der Waals surface area (Å²) in [5, 5.41) is 51.1. The third-order valence-corrected chi connectivity index (χ3v) is 6.28. The molecule has 1 aromatic carbocycles. The lowest BCUT2D eigenvalue weighted by Crippen LogP contribution is -2.54. The van der Waals surface area contributed by atoms with Gasteiger partial charge in [0, 0.05) is 0 Å². The van der Waals surface area contributed by atoms with Gasteiger partial charge < -0.3 is 35.0 Å². The van der Waals surface area contributed by atoms with Crippen molar-refractivity contribution in [3.63, 3.8) is 0 Å². The number of para-hydroxylation sites is 1. The Morgan fingerprint density at radius 2 is 1.50 bits per heavy atom. The highest BCUT2D eigenvalue weighted by Crippen LogP contribution is 2.37. The average Bonchev–Trinajstić information content (AvgIpc) is 3.04. The summed E-state index contributed by atoms with van der Waals surface area (Å²) in [5.41, 5.74) is 0. The van der Waals surface area contributed by atoms with Crippen molar-refractivity contribution in [1.82, 2.24) is 0 Å². The number of rotatable bonds is 16. The molecule has 32 heavy (non-hydrogen) atoms. The predicted molar refractivity (Wildman–Crippen MR) is 122 cm³/mol. The summed E-state index contributed by atoms with van der Waals surface area (Å²) in [4.78, 5) is 0. The molecule has 7 nitrogen and oxygen atoms in total. The van der Waals surface area contributed by atoms with Gasteiger partial charge in [0.05, 0.1) is 6.61 Å². The van der Waals surface area contributed by atoms with Crippen molar-refractivity contribution in [3.8, 4) is 5.75 Å². The Balaban J connectivity index is 1.91. The largest absolute Gasteiger partial charge is 0.485 e. The van der Waals surface area contributed by atoms with Gasteiger partial charge in [0.25, 0.3) is 0 Å². The molecule has 7 heteroatoms. The minimum absolute atomic E-state index is 0.410. The standard InChI is InChI=1S/C25H42O7/c1-2-3-4-5-6-7-8-9-10-14-17-21(31-19-15-12-11-13-16-19)25(30)24(29)22(28)23(32-25)20(27)18-26/h11-13,15-16,20-24,26-30H,2-10,14,17-18H2,1H3/t20-,21?,22-,23+,24-,25-/m1/s1. The van der Waals surface area contributed by atoms with Crippen molar-refractivity contribution in [2.45, 2.75) is 114 Å². The lowest BCUT2D eigenvalue weighted by atomic mass is 9.95. The summed E-state index contributed by atoms with van der Waals surface area (Å²) in [6, 6.07) is 8.93. The van der Waals surface area contributed by atoms with Crippen LogP contribution < -0.4 is 4.74 Å². The molecule has 5 N–H and O–H groups in total. The highest BCUT2D eigenvalue weighted by molar-refractivity contribution is 5.22.